The van der Waals surface area contributed by atoms with E-state index in [1.165, 1.54) is 6.92 Å². The molecule has 3 unspecified atom stereocenters. The summed E-state index contributed by atoms with van der Waals surface area (Å²) >= 11 is 6.32. The maximum absolute atomic E-state index is 14.0. The van der Waals surface area contributed by atoms with Gasteiger partial charge in [-0.15, -0.1) is 0 Å². The van der Waals surface area contributed by atoms with Gasteiger partial charge in [-0.25, -0.2) is 4.98 Å². The third-order valence-electron chi connectivity index (χ3n) is 7.65. The maximum atomic E-state index is 14.0. The first kappa shape index (κ1) is 27.7. The quantitative estimate of drug-likeness (QED) is 0.245. The number of hydrogen-bond acceptors (Lipinski definition) is 4. The molecule has 40 heavy (non-hydrogen) atoms. The molecule has 0 fully saturated rings. The molecule has 4 atom stereocenters. The van der Waals surface area contributed by atoms with Crippen molar-refractivity contribution in [3.05, 3.63) is 106 Å². The maximum Gasteiger partial charge on any atom is 0.217 e. The molecule has 2 N–H and O–H groups in total. The topological polar surface area (TPSA) is 84.1 Å². The SMILES string of the molecule is CC(=O)NC(c1cnc(-c2ccc(C)cc2)[nH]1)[C@@H](C(C)C)C1Oc2cc(Cl)ccc2C(=O)C1Cc1ccccc1. The van der Waals surface area contributed by atoms with Crippen molar-refractivity contribution in [1.82, 2.24) is 15.3 Å². The van der Waals surface area contributed by atoms with Gasteiger partial charge in [-0.3, -0.25) is 9.59 Å². The highest BCUT2D eigenvalue weighted by atomic mass is 35.5. The van der Waals surface area contributed by atoms with Crippen LogP contribution in [-0.4, -0.2) is 27.8 Å². The van der Waals surface area contributed by atoms with Crippen LogP contribution in [0.3, 0.4) is 0 Å². The molecule has 3 aromatic carbocycles. The van der Waals surface area contributed by atoms with E-state index in [0.29, 0.717) is 28.6 Å². The molecule has 1 aliphatic heterocycles. The molecule has 4 aromatic rings. The van der Waals surface area contributed by atoms with E-state index in [1.807, 2.05) is 61.5 Å². The fourth-order valence-electron chi connectivity index (χ4n) is 5.70. The lowest BCUT2D eigenvalue weighted by molar-refractivity contribution is -0.120. The summed E-state index contributed by atoms with van der Waals surface area (Å²) in [5.74, 6) is 0.353. The molecule has 206 valence electrons. The number of Topliss-reactive ketones (excluding diaryl/α,β-unsaturated/α-hetero) is 1. The first-order valence-corrected chi connectivity index (χ1v) is 14.0. The second-order valence-electron chi connectivity index (χ2n) is 10.9. The fourth-order valence-corrected chi connectivity index (χ4v) is 5.87. The molecule has 1 amide bonds. The Morgan fingerprint density at radius 3 is 2.48 bits per heavy atom. The molecule has 2 heterocycles. The molecule has 6 nitrogen and oxygen atoms in total. The minimum absolute atomic E-state index is 0.0175. The number of halogens is 1. The standard InChI is InChI=1S/C33H34ClN3O3/c1-19(2)29(30(36-21(4)38)27-18-35-33(37-27)23-12-10-20(3)11-13-23)32-26(16-22-8-6-5-7-9-22)31(39)25-15-14-24(34)17-28(25)40-32/h5-15,17-19,26,29-30,32H,16H2,1-4H3,(H,35,37)(H,36,38)/t26?,29-,30?,32?/m1/s1. The Morgan fingerprint density at radius 1 is 1.07 bits per heavy atom. The van der Waals surface area contributed by atoms with E-state index in [1.54, 1.807) is 24.4 Å². The summed E-state index contributed by atoms with van der Waals surface area (Å²) in [6.07, 6.45) is 1.76. The zero-order valence-electron chi connectivity index (χ0n) is 23.1. The lowest BCUT2D eigenvalue weighted by Crippen LogP contribution is -2.50. The second kappa shape index (κ2) is 11.7. The van der Waals surface area contributed by atoms with E-state index in [4.69, 9.17) is 16.3 Å². The van der Waals surface area contributed by atoms with Gasteiger partial charge in [0.05, 0.1) is 29.4 Å². The molecule has 7 heteroatoms. The van der Waals surface area contributed by atoms with Gasteiger partial charge < -0.3 is 15.0 Å². The molecule has 0 bridgehead atoms. The number of nitrogens with one attached hydrogen (secondary N) is 2. The van der Waals surface area contributed by atoms with E-state index in [9.17, 15) is 9.59 Å². The summed E-state index contributed by atoms with van der Waals surface area (Å²) in [6, 6.07) is 22.8. The van der Waals surface area contributed by atoms with Crippen molar-refractivity contribution < 1.29 is 14.3 Å². The van der Waals surface area contributed by atoms with Crippen LogP contribution in [0.15, 0.2) is 79.0 Å². The Labute approximate surface area is 240 Å². The molecule has 5 rings (SSSR count). The molecule has 0 saturated carbocycles. The number of aromatic amines is 1. The third-order valence-corrected chi connectivity index (χ3v) is 7.89. The Kier molecular flexibility index (Phi) is 8.08. The Balaban J connectivity index is 1.58. The van der Waals surface area contributed by atoms with E-state index in [0.717, 1.165) is 22.4 Å². The van der Waals surface area contributed by atoms with Crippen LogP contribution < -0.4 is 10.1 Å². The van der Waals surface area contributed by atoms with Crippen molar-refractivity contribution >= 4 is 23.3 Å². The average molecular weight is 556 g/mol. The number of rotatable bonds is 8. The van der Waals surface area contributed by atoms with E-state index in [2.05, 4.69) is 29.1 Å². The lowest BCUT2D eigenvalue weighted by atomic mass is 9.72. The van der Waals surface area contributed by atoms with Crippen molar-refractivity contribution in [2.24, 2.45) is 17.8 Å². The molecule has 0 spiro atoms. The summed E-state index contributed by atoms with van der Waals surface area (Å²) in [7, 11) is 0. The van der Waals surface area contributed by atoms with Crippen molar-refractivity contribution in [3.63, 3.8) is 0 Å². The predicted octanol–water partition coefficient (Wildman–Crippen LogP) is 6.99. The lowest BCUT2D eigenvalue weighted by Gasteiger charge is -2.42. The first-order chi connectivity index (χ1) is 19.2. The molecule has 0 saturated heterocycles. The zero-order valence-corrected chi connectivity index (χ0v) is 23.9. The number of ketones is 1. The number of nitrogens with zero attached hydrogens (tertiary/aromatic N) is 1. The highest BCUT2D eigenvalue weighted by molar-refractivity contribution is 6.31. The fraction of sp³-hybridized carbons (Fsp3) is 0.303. The van der Waals surface area contributed by atoms with Gasteiger partial charge in [0, 0.05) is 23.4 Å². The molecule has 1 aliphatic rings. The first-order valence-electron chi connectivity index (χ1n) is 13.6. The highest BCUT2D eigenvalue weighted by Crippen LogP contribution is 2.43. The molecule has 0 aliphatic carbocycles. The summed E-state index contributed by atoms with van der Waals surface area (Å²) < 4.78 is 6.69. The van der Waals surface area contributed by atoms with Gasteiger partial charge in [0.2, 0.25) is 5.91 Å². The zero-order chi connectivity index (χ0) is 28.4. The van der Waals surface area contributed by atoms with Crippen LogP contribution in [0.25, 0.3) is 11.4 Å². The van der Waals surface area contributed by atoms with Gasteiger partial charge in [0.1, 0.15) is 17.7 Å². The summed E-state index contributed by atoms with van der Waals surface area (Å²) in [5, 5.41) is 3.66. The smallest absolute Gasteiger partial charge is 0.217 e. The van der Waals surface area contributed by atoms with Crippen LogP contribution in [0, 0.1) is 24.7 Å². The van der Waals surface area contributed by atoms with E-state index >= 15 is 0 Å². The number of ether oxygens (including phenoxy) is 1. The number of aryl methyl sites for hydroxylation is 1. The van der Waals surface area contributed by atoms with Crippen molar-refractivity contribution in [2.75, 3.05) is 0 Å². The van der Waals surface area contributed by atoms with Gasteiger partial charge in [-0.1, -0.05) is 85.6 Å². The van der Waals surface area contributed by atoms with Crippen LogP contribution in [0.5, 0.6) is 5.75 Å². The monoisotopic (exact) mass is 555 g/mol. The van der Waals surface area contributed by atoms with Gasteiger partial charge >= 0.3 is 0 Å². The van der Waals surface area contributed by atoms with Crippen LogP contribution in [0.1, 0.15) is 54.0 Å². The summed E-state index contributed by atoms with van der Waals surface area (Å²) in [6.45, 7) is 7.74. The van der Waals surface area contributed by atoms with Gasteiger partial charge in [-0.2, -0.15) is 0 Å². The Morgan fingerprint density at radius 2 is 1.80 bits per heavy atom. The summed E-state index contributed by atoms with van der Waals surface area (Å²) in [5.41, 5.74) is 4.46. The number of carbonyl (C=O) groups excluding carboxylic acids is 2. The number of aromatic nitrogens is 2. The number of H-pyrrole nitrogens is 1. The minimum atomic E-state index is -0.526. The van der Waals surface area contributed by atoms with Crippen molar-refractivity contribution in [3.8, 4) is 17.1 Å². The number of fused-ring (bicyclic) bond motifs is 1. The van der Waals surface area contributed by atoms with Crippen LogP contribution in [0.4, 0.5) is 0 Å². The van der Waals surface area contributed by atoms with Crippen LogP contribution in [0.2, 0.25) is 5.02 Å². The largest absolute Gasteiger partial charge is 0.488 e. The molecular formula is C33H34ClN3O3. The minimum Gasteiger partial charge on any atom is -0.488 e. The Hall–Kier alpha value is -3.90. The number of amides is 1. The molecule has 1 aromatic heterocycles. The van der Waals surface area contributed by atoms with Gasteiger partial charge in [-0.05, 0) is 43.0 Å². The second-order valence-corrected chi connectivity index (χ2v) is 11.4. The van der Waals surface area contributed by atoms with Crippen molar-refractivity contribution in [1.29, 1.82) is 0 Å². The third kappa shape index (κ3) is 5.82. The van der Waals surface area contributed by atoms with E-state index < -0.39 is 18.1 Å². The predicted molar refractivity (Wildman–Crippen MR) is 157 cm³/mol. The van der Waals surface area contributed by atoms with Gasteiger partial charge in [0.15, 0.2) is 5.78 Å². The molecular weight excluding hydrogens is 522 g/mol. The molecule has 0 radical (unpaired) electrons. The van der Waals surface area contributed by atoms with Crippen molar-refractivity contribution in [2.45, 2.75) is 46.3 Å². The average Bonchev–Trinajstić information content (AvgIpc) is 3.41. The van der Waals surface area contributed by atoms with Crippen LogP contribution >= 0.6 is 11.6 Å². The number of imidazole rings is 1. The van der Waals surface area contributed by atoms with Gasteiger partial charge in [0.25, 0.3) is 0 Å². The number of carbonyl (C=O) groups is 2. The number of hydrogen-bond donors (Lipinski definition) is 2. The van der Waals surface area contributed by atoms with E-state index in [-0.39, 0.29) is 23.5 Å². The summed E-state index contributed by atoms with van der Waals surface area (Å²) in [4.78, 5) is 34.7. The number of benzene rings is 3. The normalized spacial score (nSPS) is 18.1. The highest BCUT2D eigenvalue weighted by Gasteiger charge is 2.46. The Bertz CT molecular complexity index is 1500. The van der Waals surface area contributed by atoms with Crippen LogP contribution in [-0.2, 0) is 11.2 Å².